The van der Waals surface area contributed by atoms with Gasteiger partial charge in [-0.3, -0.25) is 24.0 Å². The molecule has 0 spiro atoms. The van der Waals surface area contributed by atoms with E-state index in [-0.39, 0.29) is 95.3 Å². The van der Waals surface area contributed by atoms with Gasteiger partial charge in [0.15, 0.2) is 11.2 Å². The first-order valence-electron chi connectivity index (χ1n) is 44.8. The summed E-state index contributed by atoms with van der Waals surface area (Å²) in [7, 11) is 8.16. The van der Waals surface area contributed by atoms with Gasteiger partial charge in [-0.15, -0.1) is 0 Å². The van der Waals surface area contributed by atoms with Crippen molar-refractivity contribution in [3.63, 3.8) is 0 Å². The Morgan fingerprint density at radius 3 is 0.876 bits per heavy atom. The molecule has 4 atom stereocenters. The van der Waals surface area contributed by atoms with Crippen LogP contribution in [0.4, 0.5) is 0 Å². The van der Waals surface area contributed by atoms with Gasteiger partial charge in [-0.05, 0) is 148 Å². The van der Waals surface area contributed by atoms with Gasteiger partial charge in [0.1, 0.15) is 39.7 Å². The highest BCUT2D eigenvalue weighted by molar-refractivity contribution is 6.23. The highest BCUT2D eigenvalue weighted by atomic mass is 16.6. The van der Waals surface area contributed by atoms with Gasteiger partial charge in [-0.25, -0.2) is 24.0 Å². The van der Waals surface area contributed by atoms with Crippen molar-refractivity contribution < 1.29 is 82.2 Å². The van der Waals surface area contributed by atoms with Gasteiger partial charge >= 0.3 is 29.8 Å². The van der Waals surface area contributed by atoms with Crippen molar-refractivity contribution in [1.82, 2.24) is 33.1 Å². The summed E-state index contributed by atoms with van der Waals surface area (Å²) in [5.41, 5.74) is 5.72. The Bertz CT molecular complexity index is 7010. The lowest BCUT2D eigenvalue weighted by molar-refractivity contribution is -0.141. The minimum Gasteiger partial charge on any atom is -0.462 e. The Labute approximate surface area is 796 Å². The molecule has 720 valence electrons. The van der Waals surface area contributed by atoms with E-state index in [9.17, 15) is 73.5 Å². The Morgan fingerprint density at radius 2 is 0.650 bits per heavy atom. The van der Waals surface area contributed by atoms with Crippen molar-refractivity contribution in [2.75, 3.05) is 19.8 Å². The minimum absolute atomic E-state index is 0.131. The van der Waals surface area contributed by atoms with Crippen molar-refractivity contribution in [3.8, 4) is 71.3 Å². The number of carbonyl (C=O) groups excluding carboxylic acids is 5. The molecule has 0 saturated heterocycles. The Balaban J connectivity index is 0.000000192. The zero-order valence-corrected chi connectivity index (χ0v) is 82.6. The number of aliphatic hydroxyl groups is 5. The van der Waals surface area contributed by atoms with E-state index >= 15 is 0 Å². The van der Waals surface area contributed by atoms with Gasteiger partial charge in [-0.1, -0.05) is 125 Å². The van der Waals surface area contributed by atoms with Crippen LogP contribution in [-0.2, 0) is 126 Å². The average molecular weight is 1870 g/mol. The maximum atomic E-state index is 12.8. The maximum absolute atomic E-state index is 12.8. The zero-order chi connectivity index (χ0) is 102. The van der Waals surface area contributed by atoms with Crippen molar-refractivity contribution in [2.45, 2.75) is 243 Å². The van der Waals surface area contributed by atoms with Crippen molar-refractivity contribution >= 4 is 57.7 Å². The van der Waals surface area contributed by atoms with E-state index in [4.69, 9.17) is 43.3 Å². The molecule has 2 unspecified atom stereocenters. The first-order valence-corrected chi connectivity index (χ1v) is 44.8. The normalized spacial score (nSPS) is 15.2. The quantitative estimate of drug-likeness (QED) is 0.0321. The zero-order valence-electron chi connectivity index (χ0n) is 82.6. The van der Waals surface area contributed by atoms with Crippen molar-refractivity contribution in [1.29, 1.82) is 10.5 Å². The lowest BCUT2D eigenvalue weighted by Crippen LogP contribution is -2.23. The molecule has 0 bridgehead atoms. The highest BCUT2D eigenvalue weighted by Gasteiger charge is 2.39. The van der Waals surface area contributed by atoms with E-state index in [0.29, 0.717) is 167 Å². The number of nitriles is 2. The number of aryl methyl sites for hydroxylation is 7. The summed E-state index contributed by atoms with van der Waals surface area (Å²) >= 11 is 0. The Kier molecular flexibility index (Phi) is 33.6. The van der Waals surface area contributed by atoms with Crippen LogP contribution in [0, 0.1) is 113 Å². The van der Waals surface area contributed by atoms with Crippen LogP contribution < -0.4 is 27.8 Å². The fraction of sp³-hybridized carbons (Fsp3) is 0.453. The molecule has 1 saturated carbocycles. The van der Waals surface area contributed by atoms with Gasteiger partial charge < -0.3 is 81.1 Å². The molecule has 0 amide bonds. The molecule has 0 aliphatic heterocycles. The van der Waals surface area contributed by atoms with Crippen LogP contribution in [0.3, 0.4) is 0 Å². The molecule has 0 aromatic carbocycles. The van der Waals surface area contributed by atoms with E-state index in [1.54, 1.807) is 141 Å². The molecular formula is C106H119N9O22. The molecule has 6 aliphatic carbocycles. The molecular weight excluding hydrogens is 1750 g/mol. The average Bonchev–Trinajstić information content (AvgIpc) is 1.63. The van der Waals surface area contributed by atoms with Gasteiger partial charge in [0, 0.05) is 194 Å². The number of rotatable bonds is 17. The van der Waals surface area contributed by atoms with E-state index < -0.39 is 51.9 Å². The molecule has 137 heavy (non-hydrogen) atoms. The summed E-state index contributed by atoms with van der Waals surface area (Å²) < 4.78 is 44.2. The number of allylic oxidation sites excluding steroid dienone is 5. The van der Waals surface area contributed by atoms with E-state index in [1.165, 1.54) is 56.7 Å². The third-order valence-corrected chi connectivity index (χ3v) is 22.3. The molecule has 7 heterocycles. The predicted molar refractivity (Wildman–Crippen MR) is 512 cm³/mol. The molecule has 1 fully saturated rings. The third-order valence-electron chi connectivity index (χ3n) is 22.3. The van der Waals surface area contributed by atoms with Crippen LogP contribution >= 0.6 is 0 Å². The standard InChI is InChI=1S/C23H26N2O5.C22H24N2O5.C21H24N2O4.C20H22N2O4.C20H23NO4/c1-13(2)12-29-22(27)19-14(3)9-17-20(19)16(11-25(6)21(17)26)7-8-23(5,28)18-10-15(4)30-24-18;1-12(2)28-21(26)18-13(3)9-16-19(18)15(11-24(6)20(16)25)7-8-22(5,27)17-10-14(4)29-23-17;1-13(2)12-27-20(25)17-14(3)10-16-18(17)15(11-23(5)19(16)24)6-7-21(4,26)8-9-22;1-12(2)26-19(24)16-13(3)10-15-17(16)14(11-22(5)18(15)23)6-7-20(4,25)8-9-21;1-12-9-15-17(16(12)19(23)25-11-13-5-6-13)14(7-8-20(2,3)24)10-21(4)18(15)22/h10-11,13,28H,9,12H2,1-6H3;10-12,27H,9H2,1-6H3;11,13,26H,8,10,12H2,1-5H3;11-12,25H,8,10H2,1-5H3;10,13,24H,5-6,9,11H2,1-4H3/t23-;22-;;;/m11.../s1. The van der Waals surface area contributed by atoms with Crippen LogP contribution in [0.5, 0.6) is 0 Å². The molecule has 0 radical (unpaired) electrons. The highest BCUT2D eigenvalue weighted by Crippen LogP contribution is 2.41. The first kappa shape index (κ1) is 106. The van der Waals surface area contributed by atoms with Crippen LogP contribution in [0.2, 0.25) is 0 Å². The largest absolute Gasteiger partial charge is 0.462 e. The van der Waals surface area contributed by atoms with Crippen LogP contribution in [0.25, 0.3) is 27.9 Å². The summed E-state index contributed by atoms with van der Waals surface area (Å²) in [5, 5.41) is 76.8. The van der Waals surface area contributed by atoms with Crippen LogP contribution in [0.1, 0.15) is 264 Å². The summed E-state index contributed by atoms with van der Waals surface area (Å²) in [6.07, 6.45) is 11.0. The van der Waals surface area contributed by atoms with Crippen LogP contribution in [0.15, 0.2) is 104 Å². The first-order chi connectivity index (χ1) is 63.8. The summed E-state index contributed by atoms with van der Waals surface area (Å²) in [4.78, 5) is 126. The lowest BCUT2D eigenvalue weighted by atomic mass is 9.98. The Morgan fingerprint density at radius 1 is 0.401 bits per heavy atom. The summed E-state index contributed by atoms with van der Waals surface area (Å²) in [5.74, 6) is 27.9. The molecule has 31 nitrogen and oxygen atoms in total. The molecule has 6 aliphatic rings. The number of nitrogens with zero attached hydrogens (tertiary/aromatic N) is 9. The lowest BCUT2D eigenvalue weighted by Gasteiger charge is -2.14. The van der Waals surface area contributed by atoms with E-state index in [0.717, 1.165) is 40.7 Å². The molecule has 7 aromatic rings. The SMILES string of the molecule is CC1=C(C(=O)OC(C)C)c2c(C#CC(C)(O)CC#N)cn(C)c(=O)c2C1.CC1=C(C(=O)OC(C)C)c2c(C#C[C@@](C)(O)c3cc(C)on3)cn(C)c(=O)c2C1.CC1=C(C(=O)OCC(C)C)c2c(C#CC(C)(O)CC#N)cn(C)c(=O)c2C1.CC1=C(C(=O)OCC(C)C)c2c(C#C[C@@](C)(O)c3cc(C)on3)cn(C)c(=O)c2C1.CC1=C(C(=O)OCC2CC2)c2c(C#CC(C)(C)O)cn(C)c(=O)c2C1. The number of aromatic nitrogens is 7. The number of esters is 5. The number of pyridine rings is 5. The number of fused-ring (bicyclic) bond motifs is 5. The minimum atomic E-state index is -1.56. The number of hydrogen-bond acceptors (Lipinski definition) is 26. The molecule has 31 heteroatoms. The van der Waals surface area contributed by atoms with Gasteiger partial charge in [0.05, 0.1) is 84.9 Å². The summed E-state index contributed by atoms with van der Waals surface area (Å²) in [6.45, 7) is 37.5. The Hall–Kier alpha value is -14.2. The van der Waals surface area contributed by atoms with Crippen LogP contribution in [-0.4, -0.2) is 137 Å². The van der Waals surface area contributed by atoms with E-state index in [1.807, 2.05) is 60.6 Å². The maximum Gasteiger partial charge on any atom is 0.339 e. The smallest absolute Gasteiger partial charge is 0.339 e. The monoisotopic (exact) mass is 1870 g/mol. The second-order valence-corrected chi connectivity index (χ2v) is 38.0. The van der Waals surface area contributed by atoms with Gasteiger partial charge in [0.2, 0.25) is 0 Å². The van der Waals surface area contributed by atoms with Gasteiger partial charge in [-0.2, -0.15) is 10.5 Å². The third kappa shape index (κ3) is 25.9. The second kappa shape index (κ2) is 43.2. The molecule has 5 N–H and O–H groups in total. The second-order valence-electron chi connectivity index (χ2n) is 38.0. The number of hydrogen-bond donors (Lipinski definition) is 5. The van der Waals surface area contributed by atoms with Crippen molar-refractivity contribution in [2.24, 2.45) is 53.0 Å². The number of ether oxygens (including phenoxy) is 5. The number of carbonyl (C=O) groups is 5. The predicted octanol–water partition coefficient (Wildman–Crippen LogP) is 10.1. The fourth-order valence-corrected chi connectivity index (χ4v) is 15.4. The summed E-state index contributed by atoms with van der Waals surface area (Å²) in [6, 6.07) is 6.99. The van der Waals surface area contributed by atoms with Gasteiger partial charge in [0.25, 0.3) is 27.8 Å². The van der Waals surface area contributed by atoms with E-state index in [2.05, 4.69) is 69.5 Å². The fourth-order valence-electron chi connectivity index (χ4n) is 15.4. The molecule has 13 rings (SSSR count). The molecule has 7 aromatic heterocycles. The van der Waals surface area contributed by atoms with Crippen molar-refractivity contribution in [3.05, 3.63) is 229 Å². The topological polar surface area (TPSA) is 442 Å².